The Morgan fingerprint density at radius 2 is 1.69 bits per heavy atom. The minimum atomic E-state index is -3.82. The number of aryl methyl sites for hydroxylation is 1. The third kappa shape index (κ3) is 4.65. The lowest BCUT2D eigenvalue weighted by Gasteiger charge is -2.26. The molecule has 1 aliphatic rings. The second-order valence-corrected chi connectivity index (χ2v) is 10.3. The van der Waals surface area contributed by atoms with E-state index in [0.29, 0.717) is 29.9 Å². The van der Waals surface area contributed by atoms with Gasteiger partial charge in [-0.2, -0.15) is 4.31 Å². The van der Waals surface area contributed by atoms with Crippen molar-refractivity contribution in [1.29, 1.82) is 0 Å². The Balaban J connectivity index is 1.48. The van der Waals surface area contributed by atoms with E-state index in [1.54, 1.807) is 18.2 Å². The van der Waals surface area contributed by atoms with E-state index in [2.05, 4.69) is 10.2 Å². The molecule has 1 saturated heterocycles. The SMILES string of the molecule is Cc1ccc(OC(=O)c2cc(S(=O)(=O)N3CCOCC3)ccc2Cl)c(-n2nc3ccccc3n2)c1. The lowest BCUT2D eigenvalue weighted by Crippen LogP contribution is -2.40. The van der Waals surface area contributed by atoms with Crippen molar-refractivity contribution in [2.75, 3.05) is 26.3 Å². The second-order valence-electron chi connectivity index (χ2n) is 8.00. The molecule has 1 aliphatic heterocycles. The van der Waals surface area contributed by atoms with Crippen molar-refractivity contribution in [2.24, 2.45) is 0 Å². The molecule has 0 amide bonds. The van der Waals surface area contributed by atoms with Gasteiger partial charge >= 0.3 is 5.97 Å². The molecule has 180 valence electrons. The van der Waals surface area contributed by atoms with Crippen LogP contribution in [0.25, 0.3) is 16.7 Å². The van der Waals surface area contributed by atoms with Crippen LogP contribution in [0.4, 0.5) is 0 Å². The molecule has 35 heavy (non-hydrogen) atoms. The topological polar surface area (TPSA) is 104 Å². The number of aromatic nitrogens is 3. The summed E-state index contributed by atoms with van der Waals surface area (Å²) in [5.41, 5.74) is 2.69. The summed E-state index contributed by atoms with van der Waals surface area (Å²) in [7, 11) is -3.82. The predicted molar refractivity (Wildman–Crippen MR) is 130 cm³/mol. The fourth-order valence-electron chi connectivity index (χ4n) is 3.75. The number of morpholine rings is 1. The average molecular weight is 513 g/mol. The molecule has 0 saturated carbocycles. The fourth-order valence-corrected chi connectivity index (χ4v) is 5.38. The smallest absolute Gasteiger partial charge is 0.345 e. The van der Waals surface area contributed by atoms with Gasteiger partial charge in [-0.3, -0.25) is 0 Å². The predicted octanol–water partition coefficient (Wildman–Crippen LogP) is 3.62. The molecule has 11 heteroatoms. The van der Waals surface area contributed by atoms with E-state index in [0.717, 1.165) is 5.56 Å². The molecule has 1 aromatic heterocycles. The number of halogens is 1. The molecule has 3 aromatic carbocycles. The minimum absolute atomic E-state index is 0.0418. The number of carbonyl (C=O) groups excluding carboxylic acids is 1. The normalized spacial score (nSPS) is 14.8. The van der Waals surface area contributed by atoms with Crippen LogP contribution in [0.1, 0.15) is 15.9 Å². The quantitative estimate of drug-likeness (QED) is 0.297. The van der Waals surface area contributed by atoms with Gasteiger partial charge in [-0.05, 0) is 55.0 Å². The summed E-state index contributed by atoms with van der Waals surface area (Å²) in [5.74, 6) is -0.589. The highest BCUT2D eigenvalue weighted by Gasteiger charge is 2.28. The first-order valence-corrected chi connectivity index (χ1v) is 12.7. The highest BCUT2D eigenvalue weighted by molar-refractivity contribution is 7.89. The van der Waals surface area contributed by atoms with Gasteiger partial charge < -0.3 is 9.47 Å². The van der Waals surface area contributed by atoms with E-state index in [1.165, 1.54) is 27.3 Å². The van der Waals surface area contributed by atoms with Gasteiger partial charge in [0, 0.05) is 13.1 Å². The highest BCUT2D eigenvalue weighted by Crippen LogP contribution is 2.28. The third-order valence-electron chi connectivity index (χ3n) is 5.58. The summed E-state index contributed by atoms with van der Waals surface area (Å²) in [5, 5.41) is 9.02. The van der Waals surface area contributed by atoms with Gasteiger partial charge in [-0.25, -0.2) is 13.2 Å². The number of carbonyl (C=O) groups is 1. The molecule has 0 bridgehead atoms. The lowest BCUT2D eigenvalue weighted by atomic mass is 10.2. The largest absolute Gasteiger partial charge is 0.421 e. The maximum Gasteiger partial charge on any atom is 0.345 e. The molecule has 0 atom stereocenters. The average Bonchev–Trinajstić information content (AvgIpc) is 3.30. The van der Waals surface area contributed by atoms with Crippen molar-refractivity contribution in [3.63, 3.8) is 0 Å². The van der Waals surface area contributed by atoms with Gasteiger partial charge in [0.25, 0.3) is 0 Å². The van der Waals surface area contributed by atoms with Crippen LogP contribution in [0.2, 0.25) is 5.02 Å². The van der Waals surface area contributed by atoms with Crippen molar-refractivity contribution in [2.45, 2.75) is 11.8 Å². The van der Waals surface area contributed by atoms with E-state index >= 15 is 0 Å². The molecule has 0 N–H and O–H groups in total. The maximum atomic E-state index is 13.1. The molecule has 2 heterocycles. The van der Waals surface area contributed by atoms with Crippen molar-refractivity contribution < 1.29 is 22.7 Å². The van der Waals surface area contributed by atoms with Crippen molar-refractivity contribution in [1.82, 2.24) is 19.3 Å². The zero-order valence-electron chi connectivity index (χ0n) is 18.7. The Kier molecular flexibility index (Phi) is 6.28. The molecular formula is C24H21ClN4O5S. The maximum absolute atomic E-state index is 13.1. The lowest BCUT2D eigenvalue weighted by molar-refractivity contribution is 0.0727. The minimum Gasteiger partial charge on any atom is -0.421 e. The Morgan fingerprint density at radius 3 is 2.37 bits per heavy atom. The Hall–Kier alpha value is -3.31. The number of hydrogen-bond donors (Lipinski definition) is 0. The summed E-state index contributed by atoms with van der Waals surface area (Å²) in [6.07, 6.45) is 0. The van der Waals surface area contributed by atoms with Crippen LogP contribution < -0.4 is 4.74 Å². The summed E-state index contributed by atoms with van der Waals surface area (Å²) in [6, 6.07) is 16.6. The van der Waals surface area contributed by atoms with Crippen molar-refractivity contribution >= 4 is 38.6 Å². The summed E-state index contributed by atoms with van der Waals surface area (Å²) in [4.78, 5) is 14.5. The van der Waals surface area contributed by atoms with Crippen LogP contribution in [0.3, 0.4) is 0 Å². The first-order chi connectivity index (χ1) is 16.8. The number of rotatable bonds is 5. The zero-order chi connectivity index (χ0) is 24.6. The standard InChI is InChI=1S/C24H21ClN4O5S/c1-16-6-9-23(22(14-16)29-26-20-4-2-3-5-21(20)27-29)34-24(30)18-15-17(7-8-19(18)25)35(31,32)28-10-12-33-13-11-28/h2-9,14-15H,10-13H2,1H3. The molecule has 9 nitrogen and oxygen atoms in total. The number of benzene rings is 3. The van der Waals surface area contributed by atoms with Crippen LogP contribution in [-0.4, -0.2) is 60.0 Å². The van der Waals surface area contributed by atoms with Crippen LogP contribution in [0, 0.1) is 6.92 Å². The molecule has 5 rings (SSSR count). The van der Waals surface area contributed by atoms with Crippen molar-refractivity contribution in [3.8, 4) is 11.4 Å². The summed E-state index contributed by atoms with van der Waals surface area (Å²) in [6.45, 7) is 3.00. The molecule has 0 spiro atoms. The van der Waals surface area contributed by atoms with Gasteiger partial charge in [0.2, 0.25) is 10.0 Å². The number of fused-ring (bicyclic) bond motifs is 1. The van der Waals surface area contributed by atoms with Crippen LogP contribution in [0.15, 0.2) is 65.6 Å². The Morgan fingerprint density at radius 1 is 1.00 bits per heavy atom. The van der Waals surface area contributed by atoms with Crippen LogP contribution in [0.5, 0.6) is 5.75 Å². The molecule has 0 unspecified atom stereocenters. The monoisotopic (exact) mass is 512 g/mol. The molecule has 1 fully saturated rings. The van der Waals surface area contributed by atoms with Gasteiger partial charge in [-0.1, -0.05) is 29.8 Å². The number of esters is 1. The van der Waals surface area contributed by atoms with Crippen LogP contribution in [-0.2, 0) is 14.8 Å². The number of nitrogens with zero attached hydrogens (tertiary/aromatic N) is 4. The number of hydrogen-bond acceptors (Lipinski definition) is 7. The second kappa shape index (κ2) is 9.38. The summed E-state index contributed by atoms with van der Waals surface area (Å²) >= 11 is 6.27. The number of sulfonamides is 1. The van der Waals surface area contributed by atoms with E-state index in [1.807, 2.05) is 31.2 Å². The van der Waals surface area contributed by atoms with Gasteiger partial charge in [0.05, 0.1) is 28.7 Å². The Bertz CT molecular complexity index is 1500. The highest BCUT2D eigenvalue weighted by atomic mass is 35.5. The molecule has 0 radical (unpaired) electrons. The fraction of sp³-hybridized carbons (Fsp3) is 0.208. The van der Waals surface area contributed by atoms with E-state index in [4.69, 9.17) is 21.1 Å². The van der Waals surface area contributed by atoms with Gasteiger partial charge in [0.15, 0.2) is 5.75 Å². The molecule has 0 aliphatic carbocycles. The van der Waals surface area contributed by atoms with E-state index < -0.39 is 16.0 Å². The first-order valence-electron chi connectivity index (χ1n) is 10.9. The van der Waals surface area contributed by atoms with E-state index in [9.17, 15) is 13.2 Å². The van der Waals surface area contributed by atoms with Crippen molar-refractivity contribution in [3.05, 3.63) is 76.8 Å². The van der Waals surface area contributed by atoms with Gasteiger partial charge in [0.1, 0.15) is 16.7 Å². The first kappa shape index (κ1) is 23.4. The summed E-state index contributed by atoms with van der Waals surface area (Å²) < 4.78 is 38.3. The molecular weight excluding hydrogens is 492 g/mol. The van der Waals surface area contributed by atoms with Gasteiger partial charge in [-0.15, -0.1) is 15.0 Å². The van der Waals surface area contributed by atoms with Crippen LogP contribution >= 0.6 is 11.6 Å². The van der Waals surface area contributed by atoms with E-state index in [-0.39, 0.29) is 34.3 Å². The number of ether oxygens (including phenoxy) is 2. The third-order valence-corrected chi connectivity index (χ3v) is 7.81. The zero-order valence-corrected chi connectivity index (χ0v) is 20.3. The molecule has 4 aromatic rings. The Labute approximate surface area is 206 Å².